The van der Waals surface area contributed by atoms with Gasteiger partial charge in [-0.3, -0.25) is 9.89 Å². The van der Waals surface area contributed by atoms with Crippen LogP contribution in [0, 0.1) is 23.7 Å². The number of aliphatic hydroxyl groups is 1. The summed E-state index contributed by atoms with van der Waals surface area (Å²) in [6, 6.07) is 22.2. The molecule has 2 saturated carbocycles. The van der Waals surface area contributed by atoms with E-state index in [0.717, 1.165) is 19.0 Å². The van der Waals surface area contributed by atoms with E-state index in [2.05, 4.69) is 65.6 Å². The Morgan fingerprint density at radius 1 is 0.806 bits per heavy atom. The molecule has 5 atom stereocenters. The molecule has 4 bridgehead atoms. The highest BCUT2D eigenvalue weighted by Crippen LogP contribution is 2.50. The fourth-order valence-corrected chi connectivity index (χ4v) is 7.25. The number of hydrogen-bond acceptors (Lipinski definition) is 3. The zero-order valence-electron chi connectivity index (χ0n) is 18.3. The number of rotatable bonds is 5. The number of aliphatic imine (C=N–C) groups is 1. The van der Waals surface area contributed by atoms with Crippen molar-refractivity contribution >= 4 is 5.71 Å². The molecule has 31 heavy (non-hydrogen) atoms. The Bertz CT molecular complexity index is 879. The Labute approximate surface area is 186 Å². The largest absolute Gasteiger partial charge is 0.372 e. The molecule has 7 rings (SSSR count). The molecular formula is C28H34N2O. The Hall–Kier alpha value is -1.97. The quantitative estimate of drug-likeness (QED) is 0.738. The van der Waals surface area contributed by atoms with Gasteiger partial charge < -0.3 is 5.11 Å². The summed E-state index contributed by atoms with van der Waals surface area (Å²) in [6.07, 6.45) is 7.04. The highest BCUT2D eigenvalue weighted by atomic mass is 16.3. The summed E-state index contributed by atoms with van der Waals surface area (Å²) in [5, 5.41) is 11.3. The van der Waals surface area contributed by atoms with Crippen molar-refractivity contribution in [2.45, 2.75) is 56.7 Å². The van der Waals surface area contributed by atoms with Crippen molar-refractivity contribution in [3.63, 3.8) is 0 Å². The first kappa shape index (κ1) is 19.7. The van der Waals surface area contributed by atoms with E-state index < -0.39 is 6.23 Å². The number of fused-ring (bicyclic) bond motifs is 5. The molecule has 0 aromatic heterocycles. The summed E-state index contributed by atoms with van der Waals surface area (Å²) in [4.78, 5) is 7.85. The molecule has 2 aromatic carbocycles. The van der Waals surface area contributed by atoms with Gasteiger partial charge in [-0.05, 0) is 68.2 Å². The van der Waals surface area contributed by atoms with Crippen molar-refractivity contribution in [3.8, 4) is 0 Å². The van der Waals surface area contributed by atoms with Crippen LogP contribution in [0.15, 0.2) is 65.7 Å². The van der Waals surface area contributed by atoms with E-state index in [9.17, 15) is 5.11 Å². The average Bonchev–Trinajstić information content (AvgIpc) is 3.47. The van der Waals surface area contributed by atoms with E-state index in [4.69, 9.17) is 4.99 Å². The lowest BCUT2D eigenvalue weighted by Gasteiger charge is -2.50. The second kappa shape index (κ2) is 8.18. The number of aliphatic hydroxyl groups excluding tert-OH is 1. The third-order valence-corrected chi connectivity index (χ3v) is 8.73. The Morgan fingerprint density at radius 3 is 2.00 bits per heavy atom. The van der Waals surface area contributed by atoms with Gasteiger partial charge in [-0.1, -0.05) is 67.1 Å². The van der Waals surface area contributed by atoms with Crippen molar-refractivity contribution in [3.05, 3.63) is 71.8 Å². The van der Waals surface area contributed by atoms with Gasteiger partial charge in [0.1, 0.15) is 6.23 Å². The van der Waals surface area contributed by atoms with Gasteiger partial charge in [0.25, 0.3) is 0 Å². The number of nitrogens with zero attached hydrogens (tertiary/aromatic N) is 2. The van der Waals surface area contributed by atoms with Gasteiger partial charge >= 0.3 is 0 Å². The lowest BCUT2D eigenvalue weighted by molar-refractivity contribution is 0.0763. The predicted molar refractivity (Wildman–Crippen MR) is 125 cm³/mol. The lowest BCUT2D eigenvalue weighted by atomic mass is 9.72. The molecule has 0 radical (unpaired) electrons. The van der Waals surface area contributed by atoms with Crippen molar-refractivity contribution in [1.29, 1.82) is 0 Å². The highest BCUT2D eigenvalue weighted by molar-refractivity contribution is 5.94. The molecule has 162 valence electrons. The highest BCUT2D eigenvalue weighted by Gasteiger charge is 2.46. The van der Waals surface area contributed by atoms with Crippen LogP contribution >= 0.6 is 0 Å². The van der Waals surface area contributed by atoms with Gasteiger partial charge in [-0.25, -0.2) is 0 Å². The van der Waals surface area contributed by atoms with Crippen LogP contribution in [0.3, 0.4) is 0 Å². The molecule has 0 spiro atoms. The zero-order valence-corrected chi connectivity index (χ0v) is 18.3. The summed E-state index contributed by atoms with van der Waals surface area (Å²) in [5.41, 5.74) is 3.99. The van der Waals surface area contributed by atoms with Gasteiger partial charge in [-0.15, -0.1) is 0 Å². The summed E-state index contributed by atoms with van der Waals surface area (Å²) < 4.78 is 0. The van der Waals surface area contributed by atoms with Gasteiger partial charge in [0.2, 0.25) is 0 Å². The van der Waals surface area contributed by atoms with Crippen LogP contribution in [0.4, 0.5) is 0 Å². The molecule has 1 N–H and O–H groups in total. The molecule has 3 heteroatoms. The summed E-state index contributed by atoms with van der Waals surface area (Å²) in [6.45, 7) is 2.30. The van der Waals surface area contributed by atoms with E-state index in [-0.39, 0.29) is 12.0 Å². The summed E-state index contributed by atoms with van der Waals surface area (Å²) in [7, 11) is 0. The number of hydrogen-bond donors (Lipinski definition) is 1. The van der Waals surface area contributed by atoms with E-state index in [1.807, 2.05) is 0 Å². The fraction of sp³-hybridized carbons (Fsp3) is 0.536. The standard InChI is InChI=1S/C28H34N2O/c31-28(24-18-19-11-12-23(24)17-19)29-26-22-13-15-30(16-14-22)27(26)25(20-7-3-1-4-8-20)21-9-5-2-6-10-21/h1-10,19,22-25,27-28,31H,11-18H2. The van der Waals surface area contributed by atoms with E-state index in [0.29, 0.717) is 17.8 Å². The first-order valence-corrected chi connectivity index (χ1v) is 12.4. The molecule has 3 aliphatic heterocycles. The van der Waals surface area contributed by atoms with Crippen LogP contribution in [0.25, 0.3) is 0 Å². The van der Waals surface area contributed by atoms with E-state index in [1.165, 1.54) is 55.4 Å². The molecule has 2 aliphatic carbocycles. The maximum absolute atomic E-state index is 11.3. The Balaban J connectivity index is 1.40. The Kier molecular flexibility index (Phi) is 5.20. The average molecular weight is 415 g/mol. The molecule has 5 aliphatic rings. The second-order valence-electron chi connectivity index (χ2n) is 10.4. The third kappa shape index (κ3) is 3.56. The van der Waals surface area contributed by atoms with Gasteiger partial charge in [-0.2, -0.15) is 0 Å². The molecular weight excluding hydrogens is 380 g/mol. The van der Waals surface area contributed by atoms with Crippen LogP contribution in [0.1, 0.15) is 55.6 Å². The molecule has 5 unspecified atom stereocenters. The minimum atomic E-state index is -0.513. The van der Waals surface area contributed by atoms with Crippen LogP contribution < -0.4 is 0 Å². The Morgan fingerprint density at radius 2 is 1.45 bits per heavy atom. The minimum absolute atomic E-state index is 0.255. The third-order valence-electron chi connectivity index (χ3n) is 8.73. The van der Waals surface area contributed by atoms with Crippen LogP contribution in [-0.4, -0.2) is 41.1 Å². The van der Waals surface area contributed by atoms with E-state index >= 15 is 0 Å². The SMILES string of the molecule is OC(N=C1C2CCN(CC2)C1C(c1ccccc1)c1ccccc1)C1CC2CCC1C2. The van der Waals surface area contributed by atoms with Crippen LogP contribution in [0.2, 0.25) is 0 Å². The van der Waals surface area contributed by atoms with Crippen LogP contribution in [-0.2, 0) is 0 Å². The first-order chi connectivity index (χ1) is 15.3. The van der Waals surface area contributed by atoms with Gasteiger partial charge in [0.05, 0.1) is 6.04 Å². The molecule has 2 aromatic rings. The van der Waals surface area contributed by atoms with Crippen molar-refractivity contribution in [2.75, 3.05) is 13.1 Å². The van der Waals surface area contributed by atoms with Crippen LogP contribution in [0.5, 0.6) is 0 Å². The van der Waals surface area contributed by atoms with Gasteiger partial charge in [0, 0.05) is 23.5 Å². The van der Waals surface area contributed by atoms with E-state index in [1.54, 1.807) is 0 Å². The summed E-state index contributed by atoms with van der Waals surface area (Å²) >= 11 is 0. The molecule has 3 heterocycles. The monoisotopic (exact) mass is 414 g/mol. The number of benzene rings is 2. The maximum Gasteiger partial charge on any atom is 0.148 e. The lowest BCUT2D eigenvalue weighted by Crippen LogP contribution is -2.58. The topological polar surface area (TPSA) is 35.8 Å². The molecule has 5 fully saturated rings. The fourth-order valence-electron chi connectivity index (χ4n) is 7.25. The molecule has 3 saturated heterocycles. The molecule has 3 nitrogen and oxygen atoms in total. The van der Waals surface area contributed by atoms with Crippen molar-refractivity contribution in [2.24, 2.45) is 28.7 Å². The van der Waals surface area contributed by atoms with Crippen molar-refractivity contribution in [1.82, 2.24) is 4.90 Å². The van der Waals surface area contributed by atoms with Gasteiger partial charge in [0.15, 0.2) is 0 Å². The normalized spacial score (nSPS) is 36.4. The molecule has 0 amide bonds. The first-order valence-electron chi connectivity index (χ1n) is 12.4. The van der Waals surface area contributed by atoms with Crippen molar-refractivity contribution < 1.29 is 5.11 Å². The second-order valence-corrected chi connectivity index (χ2v) is 10.4. The number of piperidine rings is 3. The minimum Gasteiger partial charge on any atom is -0.372 e. The predicted octanol–water partition coefficient (Wildman–Crippen LogP) is 5.11. The maximum atomic E-state index is 11.3. The summed E-state index contributed by atoms with van der Waals surface area (Å²) in [5.74, 6) is 2.71. The zero-order chi connectivity index (χ0) is 20.8. The smallest absolute Gasteiger partial charge is 0.148 e.